The van der Waals surface area contributed by atoms with Gasteiger partial charge in [0.05, 0.1) is 6.61 Å². The third-order valence-electron chi connectivity index (χ3n) is 1.72. The van der Waals surface area contributed by atoms with Crippen molar-refractivity contribution in [3.05, 3.63) is 12.7 Å². The lowest BCUT2D eigenvalue weighted by atomic mass is 10.4. The van der Waals surface area contributed by atoms with Crippen LogP contribution >= 0.6 is 0 Å². The SMILES string of the molecule is C=CCN(CCOC)C(=O)COCC(=O)O. The molecule has 0 aliphatic carbocycles. The summed E-state index contributed by atoms with van der Waals surface area (Å²) in [6, 6.07) is 0. The minimum Gasteiger partial charge on any atom is -0.480 e. The summed E-state index contributed by atoms with van der Waals surface area (Å²) in [5, 5.41) is 8.32. The molecular weight excluding hydrogens is 214 g/mol. The fourth-order valence-electron chi connectivity index (χ4n) is 0.992. The highest BCUT2D eigenvalue weighted by atomic mass is 16.5. The second-order valence-corrected chi connectivity index (χ2v) is 3.01. The monoisotopic (exact) mass is 231 g/mol. The Kier molecular flexibility index (Phi) is 8.10. The Morgan fingerprint density at radius 1 is 1.44 bits per heavy atom. The van der Waals surface area contributed by atoms with E-state index >= 15 is 0 Å². The Morgan fingerprint density at radius 2 is 2.12 bits per heavy atom. The Balaban J connectivity index is 3.95. The molecule has 6 heteroatoms. The molecule has 0 aromatic carbocycles. The lowest BCUT2D eigenvalue weighted by Crippen LogP contribution is -2.37. The number of carboxylic acid groups (broad SMARTS) is 1. The Hall–Kier alpha value is -1.40. The topological polar surface area (TPSA) is 76.1 Å². The summed E-state index contributed by atoms with van der Waals surface area (Å²) in [5.41, 5.74) is 0. The van der Waals surface area contributed by atoms with Crippen molar-refractivity contribution in [2.24, 2.45) is 0 Å². The van der Waals surface area contributed by atoms with E-state index in [0.29, 0.717) is 19.7 Å². The minimum atomic E-state index is -1.10. The fourth-order valence-corrected chi connectivity index (χ4v) is 0.992. The number of aliphatic carboxylic acids is 1. The molecule has 1 N–H and O–H groups in total. The number of hydrogen-bond acceptors (Lipinski definition) is 4. The number of carboxylic acids is 1. The molecule has 1 amide bonds. The molecule has 0 radical (unpaired) electrons. The predicted molar refractivity (Wildman–Crippen MR) is 57.1 cm³/mol. The Bertz CT molecular complexity index is 241. The molecule has 0 unspecified atom stereocenters. The molecule has 0 saturated heterocycles. The largest absolute Gasteiger partial charge is 0.480 e. The van der Waals surface area contributed by atoms with E-state index in [9.17, 15) is 9.59 Å². The van der Waals surface area contributed by atoms with Gasteiger partial charge in [0, 0.05) is 20.2 Å². The lowest BCUT2D eigenvalue weighted by Gasteiger charge is -2.20. The van der Waals surface area contributed by atoms with E-state index in [-0.39, 0.29) is 12.5 Å². The van der Waals surface area contributed by atoms with Crippen molar-refractivity contribution in [2.45, 2.75) is 0 Å². The summed E-state index contributed by atoms with van der Waals surface area (Å²) < 4.78 is 9.55. The smallest absolute Gasteiger partial charge is 0.329 e. The second kappa shape index (κ2) is 8.87. The third-order valence-corrected chi connectivity index (χ3v) is 1.72. The highest BCUT2D eigenvalue weighted by molar-refractivity contribution is 5.78. The standard InChI is InChI=1S/C10H17NO5/c1-3-4-11(5-6-15-2)9(12)7-16-8-10(13)14/h3H,1,4-8H2,2H3,(H,13,14). The first kappa shape index (κ1) is 14.6. The van der Waals surface area contributed by atoms with Gasteiger partial charge < -0.3 is 19.5 Å². The summed E-state index contributed by atoms with van der Waals surface area (Å²) in [4.78, 5) is 23.2. The number of carbonyl (C=O) groups excluding carboxylic acids is 1. The summed E-state index contributed by atoms with van der Waals surface area (Å²) in [6.07, 6.45) is 1.59. The lowest BCUT2D eigenvalue weighted by molar-refractivity contribution is -0.145. The maximum atomic E-state index is 11.5. The van der Waals surface area contributed by atoms with Gasteiger partial charge in [0.2, 0.25) is 5.91 Å². The normalized spacial score (nSPS) is 9.81. The average Bonchev–Trinajstić information content (AvgIpc) is 2.23. The van der Waals surface area contributed by atoms with E-state index in [4.69, 9.17) is 14.6 Å². The van der Waals surface area contributed by atoms with Crippen LogP contribution in [0.2, 0.25) is 0 Å². The van der Waals surface area contributed by atoms with Gasteiger partial charge in [0.25, 0.3) is 0 Å². The van der Waals surface area contributed by atoms with Crippen molar-refractivity contribution in [1.29, 1.82) is 0 Å². The Morgan fingerprint density at radius 3 is 2.62 bits per heavy atom. The van der Waals surface area contributed by atoms with Crippen LogP contribution < -0.4 is 0 Å². The fraction of sp³-hybridized carbons (Fsp3) is 0.600. The van der Waals surface area contributed by atoms with Crippen LogP contribution in [-0.2, 0) is 19.1 Å². The van der Waals surface area contributed by atoms with E-state index < -0.39 is 12.6 Å². The van der Waals surface area contributed by atoms with Crippen LogP contribution in [0.3, 0.4) is 0 Å². The molecule has 0 heterocycles. The van der Waals surface area contributed by atoms with Gasteiger partial charge in [0.15, 0.2) is 0 Å². The van der Waals surface area contributed by atoms with E-state index in [1.807, 2.05) is 0 Å². The molecule has 16 heavy (non-hydrogen) atoms. The zero-order chi connectivity index (χ0) is 12.4. The van der Waals surface area contributed by atoms with Crippen LogP contribution in [0.5, 0.6) is 0 Å². The van der Waals surface area contributed by atoms with E-state index in [0.717, 1.165) is 0 Å². The summed E-state index contributed by atoms with van der Waals surface area (Å²) in [6.45, 7) is 4.04. The van der Waals surface area contributed by atoms with E-state index in [2.05, 4.69) is 6.58 Å². The highest BCUT2D eigenvalue weighted by Gasteiger charge is 2.12. The molecule has 0 saturated carbocycles. The van der Waals surface area contributed by atoms with Crippen LogP contribution in [-0.4, -0.2) is 61.9 Å². The van der Waals surface area contributed by atoms with Gasteiger partial charge in [-0.2, -0.15) is 0 Å². The molecule has 0 spiro atoms. The van der Waals surface area contributed by atoms with Gasteiger partial charge in [-0.05, 0) is 0 Å². The number of carbonyl (C=O) groups is 2. The van der Waals surface area contributed by atoms with Crippen molar-refractivity contribution < 1.29 is 24.2 Å². The van der Waals surface area contributed by atoms with Crippen molar-refractivity contribution in [3.63, 3.8) is 0 Å². The molecule has 0 fully saturated rings. The van der Waals surface area contributed by atoms with Crippen molar-refractivity contribution >= 4 is 11.9 Å². The molecule has 92 valence electrons. The average molecular weight is 231 g/mol. The number of methoxy groups -OCH3 is 1. The van der Waals surface area contributed by atoms with Crippen molar-refractivity contribution in [1.82, 2.24) is 4.90 Å². The van der Waals surface area contributed by atoms with E-state index in [1.165, 1.54) is 12.0 Å². The van der Waals surface area contributed by atoms with Crippen molar-refractivity contribution in [2.75, 3.05) is 40.0 Å². The molecule has 0 aromatic rings. The van der Waals surface area contributed by atoms with Gasteiger partial charge in [0.1, 0.15) is 13.2 Å². The quantitative estimate of drug-likeness (QED) is 0.554. The molecule has 0 aliphatic heterocycles. The number of rotatable bonds is 9. The van der Waals surface area contributed by atoms with Gasteiger partial charge in [-0.1, -0.05) is 6.08 Å². The highest BCUT2D eigenvalue weighted by Crippen LogP contribution is 1.92. The second-order valence-electron chi connectivity index (χ2n) is 3.01. The molecule has 0 atom stereocenters. The zero-order valence-corrected chi connectivity index (χ0v) is 9.35. The zero-order valence-electron chi connectivity index (χ0n) is 9.35. The third kappa shape index (κ3) is 6.97. The number of hydrogen-bond donors (Lipinski definition) is 1. The minimum absolute atomic E-state index is 0.246. The number of ether oxygens (including phenoxy) is 2. The van der Waals surface area contributed by atoms with Gasteiger partial charge in [-0.25, -0.2) is 4.79 Å². The van der Waals surface area contributed by atoms with Gasteiger partial charge in [-0.3, -0.25) is 4.79 Å². The first-order valence-corrected chi connectivity index (χ1v) is 4.79. The molecule has 0 bridgehead atoms. The summed E-state index contributed by atoms with van der Waals surface area (Å²) >= 11 is 0. The van der Waals surface area contributed by atoms with Crippen LogP contribution in [0.25, 0.3) is 0 Å². The molecule has 0 aromatic heterocycles. The first-order valence-electron chi connectivity index (χ1n) is 4.79. The summed E-state index contributed by atoms with van der Waals surface area (Å²) in [7, 11) is 1.54. The van der Waals surface area contributed by atoms with Crippen LogP contribution in [0.1, 0.15) is 0 Å². The number of nitrogens with zero attached hydrogens (tertiary/aromatic N) is 1. The molecule has 0 rings (SSSR count). The maximum Gasteiger partial charge on any atom is 0.329 e. The summed E-state index contributed by atoms with van der Waals surface area (Å²) in [5.74, 6) is -1.38. The molecule has 6 nitrogen and oxygen atoms in total. The number of amides is 1. The van der Waals surface area contributed by atoms with Gasteiger partial charge >= 0.3 is 5.97 Å². The van der Waals surface area contributed by atoms with Crippen LogP contribution in [0, 0.1) is 0 Å². The molecule has 0 aliphatic rings. The maximum absolute atomic E-state index is 11.5. The van der Waals surface area contributed by atoms with Crippen LogP contribution in [0.15, 0.2) is 12.7 Å². The Labute approximate surface area is 94.4 Å². The van der Waals surface area contributed by atoms with Crippen LogP contribution in [0.4, 0.5) is 0 Å². The van der Waals surface area contributed by atoms with Gasteiger partial charge in [-0.15, -0.1) is 6.58 Å². The molecular formula is C10H17NO5. The predicted octanol–water partition coefficient (Wildman–Crippen LogP) is -0.251. The van der Waals surface area contributed by atoms with E-state index in [1.54, 1.807) is 6.08 Å². The van der Waals surface area contributed by atoms with Crippen molar-refractivity contribution in [3.8, 4) is 0 Å². The first-order chi connectivity index (χ1) is 7.61.